The number of benzene rings is 3. The number of nitro benzene ring substituents is 1. The molecule has 2 aromatic heterocycles. The summed E-state index contributed by atoms with van der Waals surface area (Å²) in [5.41, 5.74) is 5.28. The number of pyridine rings is 1. The number of H-pyrrole nitrogens is 1. The summed E-state index contributed by atoms with van der Waals surface area (Å²) < 4.78 is 49.4. The van der Waals surface area contributed by atoms with Crippen molar-refractivity contribution in [2.45, 2.75) is 138 Å². The van der Waals surface area contributed by atoms with E-state index in [-0.39, 0.29) is 46.8 Å². The van der Waals surface area contributed by atoms with Crippen molar-refractivity contribution in [2.24, 2.45) is 11.3 Å². The lowest BCUT2D eigenvalue weighted by Crippen LogP contribution is -2.63. The number of piperidine rings is 1. The lowest BCUT2D eigenvalue weighted by Gasteiger charge is -2.57. The van der Waals surface area contributed by atoms with Crippen molar-refractivity contribution in [3.05, 3.63) is 106 Å². The summed E-state index contributed by atoms with van der Waals surface area (Å²) >= 11 is 0. The number of aromatic nitrogens is 2. The van der Waals surface area contributed by atoms with E-state index < -0.39 is 37.0 Å². The number of carbonyl (C=O) groups excluding carboxylic acids is 1. The summed E-state index contributed by atoms with van der Waals surface area (Å²) in [5, 5.41) is 27.0. The smallest absolute Gasteiger partial charge is 0.293 e. The fourth-order valence-corrected chi connectivity index (χ4v) is 15.2. The molecule has 4 saturated heterocycles. The molecule has 3 atom stereocenters. The van der Waals surface area contributed by atoms with Crippen LogP contribution in [0.15, 0.2) is 83.9 Å². The number of carbonyl (C=O) groups is 1. The summed E-state index contributed by atoms with van der Waals surface area (Å²) in [4.78, 5) is 44.9. The molecule has 19 heteroatoms. The van der Waals surface area contributed by atoms with Crippen LogP contribution in [0.1, 0.15) is 125 Å². The summed E-state index contributed by atoms with van der Waals surface area (Å²) in [7, 11) is -4.64. The van der Waals surface area contributed by atoms with Gasteiger partial charge in [0.2, 0.25) is 0 Å². The minimum Gasteiger partial charge on any atom is -0.390 e. The quantitative estimate of drug-likeness (QED) is 0.0640. The Kier molecular flexibility index (Phi) is 14.5. The number of aliphatic hydroxyl groups is 1. The first kappa shape index (κ1) is 52.8. The molecule has 6 fully saturated rings. The zero-order chi connectivity index (χ0) is 53.9. The number of aromatic amines is 1. The van der Waals surface area contributed by atoms with Gasteiger partial charge in [-0.2, -0.15) is 0 Å². The third-order valence-corrected chi connectivity index (χ3v) is 20.0. The van der Waals surface area contributed by atoms with Gasteiger partial charge >= 0.3 is 0 Å². The number of nitro groups is 1. The van der Waals surface area contributed by atoms with Crippen molar-refractivity contribution in [1.29, 1.82) is 0 Å². The Morgan fingerprint density at radius 2 is 1.62 bits per heavy atom. The molecular weight excluding hydrogens is 1010 g/mol. The van der Waals surface area contributed by atoms with Crippen LogP contribution in [0.2, 0.25) is 0 Å². The second-order valence-corrected chi connectivity index (χ2v) is 25.6. The summed E-state index contributed by atoms with van der Waals surface area (Å²) in [6, 6.07) is 23.0. The fraction of sp³-hybridized carbons (Fsp3) is 0.559. The topological polar surface area (TPSA) is 208 Å². The van der Waals surface area contributed by atoms with E-state index >= 15 is 4.79 Å². The largest absolute Gasteiger partial charge is 0.390 e. The van der Waals surface area contributed by atoms with Crippen molar-refractivity contribution < 1.29 is 37.5 Å². The number of fused-ring (bicyclic) bond motifs is 3. The Morgan fingerprint density at radius 3 is 2.38 bits per heavy atom. The lowest BCUT2D eigenvalue weighted by molar-refractivity contribution is -0.384. The predicted octanol–water partition coefficient (Wildman–Crippen LogP) is 9.18. The number of amides is 1. The number of morpholine rings is 1. The van der Waals surface area contributed by atoms with Crippen LogP contribution in [0.5, 0.6) is 0 Å². The Balaban J connectivity index is 0.853. The van der Waals surface area contributed by atoms with Crippen molar-refractivity contribution in [3.8, 4) is 0 Å². The van der Waals surface area contributed by atoms with Crippen LogP contribution in [0.3, 0.4) is 0 Å². The second-order valence-electron chi connectivity index (χ2n) is 23.9. The number of nitrogens with zero attached hydrogens (tertiary/aromatic N) is 6. The van der Waals surface area contributed by atoms with Crippen LogP contribution in [0, 0.1) is 21.4 Å². The highest BCUT2D eigenvalue weighted by Crippen LogP contribution is 2.54. The number of sulfonamides is 1. The molecule has 5 aliphatic heterocycles. The molecule has 1 amide bonds. The minimum absolute atomic E-state index is 0.139. The molecule has 416 valence electrons. The van der Waals surface area contributed by atoms with Gasteiger partial charge in [-0.15, -0.1) is 0 Å². The molecule has 5 aromatic rings. The Bertz CT molecular complexity index is 3140. The van der Waals surface area contributed by atoms with Crippen LogP contribution in [0.4, 0.5) is 34.3 Å². The van der Waals surface area contributed by atoms with Crippen LogP contribution in [-0.2, 0) is 24.2 Å². The van der Waals surface area contributed by atoms with Crippen molar-refractivity contribution in [2.75, 3.05) is 85.8 Å². The van der Waals surface area contributed by atoms with E-state index in [2.05, 4.69) is 84.9 Å². The molecule has 12 rings (SSSR count). The predicted molar refractivity (Wildman–Crippen MR) is 301 cm³/mol. The van der Waals surface area contributed by atoms with Gasteiger partial charge in [0.05, 0.1) is 70.3 Å². The molecule has 1 spiro atoms. The van der Waals surface area contributed by atoms with E-state index in [1.165, 1.54) is 23.3 Å². The minimum atomic E-state index is -4.64. The van der Waals surface area contributed by atoms with Gasteiger partial charge in [0.25, 0.3) is 21.6 Å². The van der Waals surface area contributed by atoms with E-state index in [0.29, 0.717) is 76.5 Å². The first-order valence-electron chi connectivity index (χ1n) is 28.5. The SMILES string of the molecule is CC(C)c1ccccc1[C@@H]1COCCN1C1CC2(CCN(c3ccc(C(=O)NS(=O)(=O)c4ccc(NCC5CCC(C)(O)CC5)c([N+](=O)[O-])c4)c(N4c5cc6cc[nH]c6nc5N(C5CCOCC5)[C@H]5COCC[C@@H]54)c3)CC2)C1. The third-order valence-electron chi connectivity index (χ3n) is 18.7. The number of hydrogen-bond donors (Lipinski definition) is 4. The number of rotatable bonds is 13. The molecule has 0 unspecified atom stereocenters. The van der Waals surface area contributed by atoms with Crippen LogP contribution >= 0.6 is 0 Å². The van der Waals surface area contributed by atoms with Gasteiger partial charge in [-0.25, -0.2) is 18.1 Å². The van der Waals surface area contributed by atoms with Gasteiger partial charge in [-0.05, 0) is 148 Å². The highest BCUT2D eigenvalue weighted by Gasteiger charge is 2.51. The van der Waals surface area contributed by atoms with Crippen molar-refractivity contribution in [3.63, 3.8) is 0 Å². The van der Waals surface area contributed by atoms with Gasteiger partial charge in [0, 0.05) is 81.4 Å². The van der Waals surface area contributed by atoms with E-state index in [1.54, 1.807) is 6.07 Å². The maximum atomic E-state index is 15.0. The molecule has 7 aliphatic rings. The number of hydrogen-bond acceptors (Lipinski definition) is 15. The molecular formula is C59H75N9O9S. The van der Waals surface area contributed by atoms with Crippen LogP contribution in [0.25, 0.3) is 11.0 Å². The number of ether oxygens (including phenoxy) is 3. The Hall–Kier alpha value is -5.83. The first-order valence-corrected chi connectivity index (χ1v) is 30.0. The van der Waals surface area contributed by atoms with E-state index in [4.69, 9.17) is 19.2 Å². The Morgan fingerprint density at radius 1 is 0.859 bits per heavy atom. The van der Waals surface area contributed by atoms with E-state index in [0.717, 1.165) is 112 Å². The summed E-state index contributed by atoms with van der Waals surface area (Å²) in [6.45, 7) is 13.1. The fourth-order valence-electron chi connectivity index (χ4n) is 14.2. The van der Waals surface area contributed by atoms with Gasteiger partial charge < -0.3 is 44.3 Å². The monoisotopic (exact) mass is 1090 g/mol. The molecule has 18 nitrogen and oxygen atoms in total. The van der Waals surface area contributed by atoms with Crippen LogP contribution < -0.4 is 24.7 Å². The lowest BCUT2D eigenvalue weighted by atomic mass is 9.59. The second kappa shape index (κ2) is 21.3. The highest BCUT2D eigenvalue weighted by atomic mass is 32.2. The number of nitrogens with one attached hydrogen (secondary N) is 3. The third kappa shape index (κ3) is 10.2. The molecule has 7 heterocycles. The van der Waals surface area contributed by atoms with Crippen LogP contribution in [-0.4, -0.2) is 135 Å². The van der Waals surface area contributed by atoms with E-state index in [1.807, 2.05) is 25.3 Å². The van der Waals surface area contributed by atoms with Crippen molar-refractivity contribution >= 4 is 61.2 Å². The van der Waals surface area contributed by atoms with Gasteiger partial charge in [-0.3, -0.25) is 19.8 Å². The maximum Gasteiger partial charge on any atom is 0.293 e. The van der Waals surface area contributed by atoms with E-state index in [9.17, 15) is 23.6 Å². The zero-order valence-electron chi connectivity index (χ0n) is 45.2. The zero-order valence-corrected chi connectivity index (χ0v) is 46.0. The molecule has 0 radical (unpaired) electrons. The average molecular weight is 1090 g/mol. The maximum absolute atomic E-state index is 15.0. The number of anilines is 5. The van der Waals surface area contributed by atoms with Gasteiger partial charge in [0.15, 0.2) is 5.82 Å². The Labute approximate surface area is 457 Å². The first-order chi connectivity index (χ1) is 37.6. The molecule has 2 aliphatic carbocycles. The molecule has 4 N–H and O–H groups in total. The normalized spacial score (nSPS) is 26.1. The van der Waals surface area contributed by atoms with Gasteiger partial charge in [0.1, 0.15) is 11.3 Å². The van der Waals surface area contributed by atoms with Gasteiger partial charge in [-0.1, -0.05) is 38.1 Å². The molecule has 3 aromatic carbocycles. The highest BCUT2D eigenvalue weighted by molar-refractivity contribution is 7.90. The standard InChI is InChI=1S/C59H75N9O9S/c1-38(2)45-6-4-5-7-46(45)53-36-77-29-25-65(53)43-33-59(34-43)20-23-64(24-21-59)42-8-10-47(57(69)63-78(73,74)44-9-11-48(51(32-44)68(71)72)61-35-39-12-18-58(3,70)19-13-39)50(31-42)67-49-17-28-76-37-54(49)66(41-15-26-75-27-16-41)56-52(67)30-40-14-22-60-55(40)62-56/h4-11,14,22,30-32,38-39,41,43,49,53-54,61,70H,12-13,15-21,23-29,33-37H2,1-3H3,(H,60,62)(H,63,69)/t39?,49-,53-,54-,58?/m0/s1. The molecule has 2 saturated carbocycles. The molecule has 0 bridgehead atoms. The summed E-state index contributed by atoms with van der Waals surface area (Å²) in [6.07, 6.45) is 11.3. The average Bonchev–Trinajstić information content (AvgIpc) is 4.04. The molecule has 78 heavy (non-hydrogen) atoms. The summed E-state index contributed by atoms with van der Waals surface area (Å²) in [5.74, 6) is 0.536. The van der Waals surface area contributed by atoms with Crippen molar-refractivity contribution in [1.82, 2.24) is 19.6 Å².